The number of tetrazole rings is 1. The molecule has 9 nitrogen and oxygen atoms in total. The number of carbonyl (C=O) groups is 1. The van der Waals surface area contributed by atoms with Crippen molar-refractivity contribution in [1.82, 2.24) is 25.2 Å². The lowest BCUT2D eigenvalue weighted by atomic mass is 10.0. The first-order valence-corrected chi connectivity index (χ1v) is 8.28. The maximum Gasteiger partial charge on any atom is 0.419 e. The number of pyridine rings is 1. The molecule has 0 amide bonds. The van der Waals surface area contributed by atoms with Gasteiger partial charge >= 0.3 is 6.09 Å². The second kappa shape index (κ2) is 5.88. The number of carboxylic acid groups (broad SMARTS) is 1. The lowest BCUT2D eigenvalue weighted by Crippen LogP contribution is -2.25. The van der Waals surface area contributed by atoms with Crippen molar-refractivity contribution in [3.63, 3.8) is 0 Å². The van der Waals surface area contributed by atoms with Crippen molar-refractivity contribution in [1.29, 1.82) is 0 Å². The average Bonchev–Trinajstić information content (AvgIpc) is 3.35. The van der Waals surface area contributed by atoms with Crippen molar-refractivity contribution in [2.45, 2.75) is 0 Å². The van der Waals surface area contributed by atoms with Gasteiger partial charge in [0.25, 0.3) is 5.56 Å². The van der Waals surface area contributed by atoms with E-state index >= 15 is 0 Å². The predicted octanol–water partition coefficient (Wildman–Crippen LogP) is 3.12. The molecule has 0 saturated heterocycles. The molecule has 0 aliphatic carbocycles. The zero-order valence-corrected chi connectivity index (χ0v) is 14.2. The number of fused-ring (bicyclic) bond motifs is 3. The first-order valence-electron chi connectivity index (χ1n) is 8.28. The molecule has 3 aromatic heterocycles. The van der Waals surface area contributed by atoms with Gasteiger partial charge in [-0.2, -0.15) is 5.21 Å². The highest BCUT2D eigenvalue weighted by atomic mass is 16.4. The van der Waals surface area contributed by atoms with Crippen LogP contribution in [0.3, 0.4) is 0 Å². The number of hydrogen-bond acceptors (Lipinski definition) is 6. The molecule has 0 bridgehead atoms. The molecule has 0 radical (unpaired) electrons. The van der Waals surface area contributed by atoms with Gasteiger partial charge in [0.15, 0.2) is 5.58 Å². The number of para-hydroxylation sites is 1. The molecule has 0 unspecified atom stereocenters. The molecular formula is C19H11N5O4. The quantitative estimate of drug-likeness (QED) is 0.487. The van der Waals surface area contributed by atoms with Gasteiger partial charge in [0.05, 0.1) is 0 Å². The topological polar surface area (TPSA) is 127 Å². The summed E-state index contributed by atoms with van der Waals surface area (Å²) in [6.45, 7) is 0. The number of rotatable bonds is 2. The van der Waals surface area contributed by atoms with Crippen LogP contribution in [0.5, 0.6) is 0 Å². The zero-order chi connectivity index (χ0) is 19.3. The fraction of sp³-hybridized carbons (Fsp3) is 0. The summed E-state index contributed by atoms with van der Waals surface area (Å²) in [4.78, 5) is 24.4. The Labute approximate surface area is 155 Å². The fourth-order valence-electron chi connectivity index (χ4n) is 3.31. The van der Waals surface area contributed by atoms with E-state index in [9.17, 15) is 14.7 Å². The van der Waals surface area contributed by atoms with Gasteiger partial charge in [-0.25, -0.2) is 9.36 Å². The van der Waals surface area contributed by atoms with E-state index in [-0.39, 0.29) is 5.52 Å². The predicted molar refractivity (Wildman–Crippen MR) is 100 cm³/mol. The third-order valence-electron chi connectivity index (χ3n) is 4.49. The molecule has 5 aromatic rings. The lowest BCUT2D eigenvalue weighted by Gasteiger charge is -2.07. The Balaban J connectivity index is 1.87. The maximum atomic E-state index is 12.6. The molecule has 0 saturated carbocycles. The minimum absolute atomic E-state index is 0.218. The molecule has 0 spiro atoms. The molecule has 3 heterocycles. The SMILES string of the molecule is O=C(O)n1c(=O)cc(-c2cccc(-c3nn[nH]n3)c2)c2oc3ccccc3c21. The Bertz CT molecular complexity index is 1420. The molecule has 136 valence electrons. The second-order valence-electron chi connectivity index (χ2n) is 6.11. The summed E-state index contributed by atoms with van der Waals surface area (Å²) in [6, 6.07) is 15.4. The van der Waals surface area contributed by atoms with E-state index in [2.05, 4.69) is 20.6 Å². The van der Waals surface area contributed by atoms with Gasteiger partial charge in [0.1, 0.15) is 11.1 Å². The van der Waals surface area contributed by atoms with Gasteiger partial charge in [-0.3, -0.25) is 4.79 Å². The van der Waals surface area contributed by atoms with Crippen molar-refractivity contribution < 1.29 is 14.3 Å². The third kappa shape index (κ3) is 2.30. The number of aromatic nitrogens is 5. The Kier molecular flexibility index (Phi) is 3.35. The molecule has 5 rings (SSSR count). The highest BCUT2D eigenvalue weighted by Crippen LogP contribution is 2.35. The number of nitrogens with one attached hydrogen (secondary N) is 1. The highest BCUT2D eigenvalue weighted by Gasteiger charge is 2.21. The van der Waals surface area contributed by atoms with Gasteiger partial charge in [-0.1, -0.05) is 30.3 Å². The van der Waals surface area contributed by atoms with E-state index in [0.717, 1.165) is 0 Å². The van der Waals surface area contributed by atoms with Gasteiger partial charge in [0.2, 0.25) is 5.82 Å². The Morgan fingerprint density at radius 1 is 1.07 bits per heavy atom. The molecule has 2 N–H and O–H groups in total. The largest absolute Gasteiger partial charge is 0.464 e. The summed E-state index contributed by atoms with van der Waals surface area (Å²) < 4.78 is 6.64. The van der Waals surface area contributed by atoms with Crippen LogP contribution >= 0.6 is 0 Å². The number of H-pyrrole nitrogens is 1. The second-order valence-corrected chi connectivity index (χ2v) is 6.11. The van der Waals surface area contributed by atoms with Crippen LogP contribution in [0.15, 0.2) is 63.8 Å². The van der Waals surface area contributed by atoms with E-state index in [1.807, 2.05) is 6.07 Å². The van der Waals surface area contributed by atoms with Crippen molar-refractivity contribution in [2.75, 3.05) is 0 Å². The van der Waals surface area contributed by atoms with Gasteiger partial charge < -0.3 is 9.52 Å². The van der Waals surface area contributed by atoms with Crippen LogP contribution in [-0.4, -0.2) is 36.4 Å². The van der Waals surface area contributed by atoms with Crippen molar-refractivity contribution >= 4 is 28.2 Å². The van der Waals surface area contributed by atoms with E-state index in [4.69, 9.17) is 4.42 Å². The van der Waals surface area contributed by atoms with Crippen LogP contribution in [0.1, 0.15) is 0 Å². The smallest absolute Gasteiger partial charge is 0.419 e. The van der Waals surface area contributed by atoms with Crippen LogP contribution in [-0.2, 0) is 0 Å². The summed E-state index contributed by atoms with van der Waals surface area (Å²) in [5, 5.41) is 24.0. The Hall–Kier alpha value is -4.27. The van der Waals surface area contributed by atoms with Crippen molar-refractivity contribution in [3.8, 4) is 22.5 Å². The van der Waals surface area contributed by atoms with E-state index in [1.165, 1.54) is 6.07 Å². The Morgan fingerprint density at radius 2 is 1.89 bits per heavy atom. The van der Waals surface area contributed by atoms with E-state index < -0.39 is 11.7 Å². The van der Waals surface area contributed by atoms with Crippen LogP contribution in [0.4, 0.5) is 4.79 Å². The molecule has 0 aliphatic heterocycles. The normalized spacial score (nSPS) is 11.3. The summed E-state index contributed by atoms with van der Waals surface area (Å²) in [5.41, 5.74) is 2.21. The van der Waals surface area contributed by atoms with E-state index in [0.29, 0.717) is 43.6 Å². The van der Waals surface area contributed by atoms with Crippen LogP contribution < -0.4 is 5.56 Å². The first kappa shape index (κ1) is 15.9. The number of nitrogens with zero attached hydrogens (tertiary/aromatic N) is 4. The minimum Gasteiger partial charge on any atom is -0.464 e. The molecule has 0 aliphatic rings. The fourth-order valence-corrected chi connectivity index (χ4v) is 3.31. The molecule has 9 heteroatoms. The van der Waals surface area contributed by atoms with Crippen LogP contribution in [0.2, 0.25) is 0 Å². The number of benzene rings is 2. The van der Waals surface area contributed by atoms with Crippen molar-refractivity contribution in [2.24, 2.45) is 0 Å². The van der Waals surface area contributed by atoms with Gasteiger partial charge in [0, 0.05) is 22.6 Å². The maximum absolute atomic E-state index is 12.6. The van der Waals surface area contributed by atoms with Crippen LogP contribution in [0.25, 0.3) is 44.6 Å². The standard InChI is InChI=1S/C19H11N5O4/c25-15-9-13(10-4-3-5-11(8-10)18-20-22-23-21-18)17-16(24(15)19(26)27)12-6-1-2-7-14(12)28-17/h1-9H,(H,26,27)(H,20,21,22,23). The van der Waals surface area contributed by atoms with Crippen LogP contribution in [0, 0.1) is 0 Å². The summed E-state index contributed by atoms with van der Waals surface area (Å²) in [5.74, 6) is 0.404. The molecule has 0 fully saturated rings. The highest BCUT2D eigenvalue weighted by molar-refractivity contribution is 6.10. The van der Waals surface area contributed by atoms with Crippen molar-refractivity contribution in [3.05, 3.63) is 65.0 Å². The summed E-state index contributed by atoms with van der Waals surface area (Å²) in [7, 11) is 0. The number of hydrogen-bond donors (Lipinski definition) is 2. The molecule has 28 heavy (non-hydrogen) atoms. The Morgan fingerprint density at radius 3 is 2.68 bits per heavy atom. The third-order valence-corrected chi connectivity index (χ3v) is 4.49. The zero-order valence-electron chi connectivity index (χ0n) is 14.2. The monoisotopic (exact) mass is 373 g/mol. The first-order chi connectivity index (χ1) is 13.6. The minimum atomic E-state index is -1.37. The number of aromatic amines is 1. The molecule has 2 aromatic carbocycles. The number of furan rings is 1. The average molecular weight is 373 g/mol. The van der Waals surface area contributed by atoms with Gasteiger partial charge in [-0.05, 0) is 29.0 Å². The summed E-state index contributed by atoms with van der Waals surface area (Å²) in [6.07, 6.45) is -1.37. The van der Waals surface area contributed by atoms with Gasteiger partial charge in [-0.15, -0.1) is 10.2 Å². The molecular weight excluding hydrogens is 362 g/mol. The summed E-state index contributed by atoms with van der Waals surface area (Å²) >= 11 is 0. The molecule has 0 atom stereocenters. The lowest BCUT2D eigenvalue weighted by molar-refractivity contribution is 0.196. The van der Waals surface area contributed by atoms with E-state index in [1.54, 1.807) is 42.5 Å².